The van der Waals surface area contributed by atoms with Gasteiger partial charge in [-0.15, -0.1) is 0 Å². The molecule has 0 unspecified atom stereocenters. The lowest BCUT2D eigenvalue weighted by Gasteiger charge is -2.13. The van der Waals surface area contributed by atoms with E-state index >= 15 is 0 Å². The highest BCUT2D eigenvalue weighted by atomic mass is 79.9. The van der Waals surface area contributed by atoms with E-state index in [9.17, 15) is 4.39 Å². The molecule has 2 aromatic rings. The predicted molar refractivity (Wildman–Crippen MR) is 81.2 cm³/mol. The SMILES string of the molecule is Cc1cccc(C(N)=S)c1Oc1ccc(F)c(Br)c1. The lowest BCUT2D eigenvalue weighted by atomic mass is 10.1. The van der Waals surface area contributed by atoms with Crippen LogP contribution in [0.15, 0.2) is 40.9 Å². The van der Waals surface area contributed by atoms with Crippen LogP contribution in [0.25, 0.3) is 0 Å². The smallest absolute Gasteiger partial charge is 0.140 e. The van der Waals surface area contributed by atoms with E-state index in [0.29, 0.717) is 21.5 Å². The van der Waals surface area contributed by atoms with Crippen molar-refractivity contribution in [3.63, 3.8) is 0 Å². The van der Waals surface area contributed by atoms with Crippen molar-refractivity contribution in [2.75, 3.05) is 0 Å². The summed E-state index contributed by atoms with van der Waals surface area (Å²) in [6.45, 7) is 1.90. The predicted octanol–water partition coefficient (Wildman–Crippen LogP) is 4.32. The summed E-state index contributed by atoms with van der Waals surface area (Å²) in [5.74, 6) is 0.764. The third kappa shape index (κ3) is 3.11. The Bertz CT molecular complexity index is 645. The number of hydrogen-bond donors (Lipinski definition) is 1. The zero-order valence-corrected chi connectivity index (χ0v) is 12.5. The Balaban J connectivity index is 2.42. The number of rotatable bonds is 3. The Labute approximate surface area is 124 Å². The van der Waals surface area contributed by atoms with Gasteiger partial charge in [-0.2, -0.15) is 0 Å². The van der Waals surface area contributed by atoms with Gasteiger partial charge in [0.2, 0.25) is 0 Å². The number of ether oxygens (including phenoxy) is 1. The van der Waals surface area contributed by atoms with Crippen LogP contribution in [0.1, 0.15) is 11.1 Å². The summed E-state index contributed by atoms with van der Waals surface area (Å²) < 4.78 is 19.3. The molecule has 2 rings (SSSR count). The molecule has 2 N–H and O–H groups in total. The van der Waals surface area contributed by atoms with Gasteiger partial charge in [-0.25, -0.2) is 4.39 Å². The number of nitrogens with two attached hydrogens (primary N) is 1. The fourth-order valence-electron chi connectivity index (χ4n) is 1.64. The average molecular weight is 340 g/mol. The van der Waals surface area contributed by atoms with Gasteiger partial charge < -0.3 is 10.5 Å². The van der Waals surface area contributed by atoms with E-state index in [1.807, 2.05) is 19.1 Å². The van der Waals surface area contributed by atoms with Crippen LogP contribution in [0.4, 0.5) is 4.39 Å². The van der Waals surface area contributed by atoms with E-state index in [2.05, 4.69) is 15.9 Å². The lowest BCUT2D eigenvalue weighted by molar-refractivity contribution is 0.475. The summed E-state index contributed by atoms with van der Waals surface area (Å²) in [5.41, 5.74) is 7.24. The van der Waals surface area contributed by atoms with Gasteiger partial charge in [0.05, 0.1) is 10.0 Å². The van der Waals surface area contributed by atoms with Crippen LogP contribution in [0.3, 0.4) is 0 Å². The van der Waals surface area contributed by atoms with Crippen LogP contribution in [-0.4, -0.2) is 4.99 Å². The summed E-state index contributed by atoms with van der Waals surface area (Å²) >= 11 is 8.12. The molecule has 19 heavy (non-hydrogen) atoms. The maximum Gasteiger partial charge on any atom is 0.140 e. The molecule has 2 aromatic carbocycles. The van der Waals surface area contributed by atoms with Crippen molar-refractivity contribution in [3.05, 3.63) is 57.8 Å². The average Bonchev–Trinajstić information content (AvgIpc) is 2.36. The molecule has 0 bridgehead atoms. The van der Waals surface area contributed by atoms with E-state index < -0.39 is 0 Å². The minimum absolute atomic E-state index is 0.264. The van der Waals surface area contributed by atoms with Crippen molar-refractivity contribution in [3.8, 4) is 11.5 Å². The summed E-state index contributed by atoms with van der Waals surface area (Å²) in [6.07, 6.45) is 0. The second kappa shape index (κ2) is 5.67. The van der Waals surface area contributed by atoms with Gasteiger partial charge in [-0.1, -0.05) is 24.4 Å². The normalized spacial score (nSPS) is 10.3. The van der Waals surface area contributed by atoms with Gasteiger partial charge in [-0.3, -0.25) is 0 Å². The van der Waals surface area contributed by atoms with E-state index in [1.54, 1.807) is 18.2 Å². The van der Waals surface area contributed by atoms with Crippen molar-refractivity contribution in [1.82, 2.24) is 0 Å². The van der Waals surface area contributed by atoms with E-state index in [0.717, 1.165) is 5.56 Å². The molecule has 0 aliphatic carbocycles. The van der Waals surface area contributed by atoms with E-state index in [-0.39, 0.29) is 10.8 Å². The maximum atomic E-state index is 13.2. The van der Waals surface area contributed by atoms with Crippen molar-refractivity contribution >= 4 is 33.1 Å². The molecule has 2 nitrogen and oxygen atoms in total. The largest absolute Gasteiger partial charge is 0.456 e. The highest BCUT2D eigenvalue weighted by molar-refractivity contribution is 9.10. The van der Waals surface area contributed by atoms with Gasteiger partial charge in [0, 0.05) is 0 Å². The number of halogens is 2. The molecule has 0 spiro atoms. The summed E-state index contributed by atoms with van der Waals surface area (Å²) in [5, 5.41) is 0. The van der Waals surface area contributed by atoms with Gasteiger partial charge in [0.15, 0.2) is 0 Å². The first kappa shape index (κ1) is 14.0. The van der Waals surface area contributed by atoms with Crippen LogP contribution in [0.5, 0.6) is 11.5 Å². The molecule has 0 radical (unpaired) electrons. The van der Waals surface area contributed by atoms with Gasteiger partial charge in [0.25, 0.3) is 0 Å². The lowest BCUT2D eigenvalue weighted by Crippen LogP contribution is -2.11. The highest BCUT2D eigenvalue weighted by Crippen LogP contribution is 2.31. The summed E-state index contributed by atoms with van der Waals surface area (Å²) in [7, 11) is 0. The Morgan fingerprint density at radius 2 is 2.05 bits per heavy atom. The second-order valence-corrected chi connectivity index (χ2v) is 5.29. The fourth-order valence-corrected chi connectivity index (χ4v) is 2.16. The van der Waals surface area contributed by atoms with Crippen molar-refractivity contribution in [2.45, 2.75) is 6.92 Å². The minimum Gasteiger partial charge on any atom is -0.456 e. The monoisotopic (exact) mass is 339 g/mol. The molecule has 0 amide bonds. The van der Waals surface area contributed by atoms with Crippen LogP contribution < -0.4 is 10.5 Å². The second-order valence-electron chi connectivity index (χ2n) is 3.99. The zero-order chi connectivity index (χ0) is 14.0. The fraction of sp³-hybridized carbons (Fsp3) is 0.0714. The zero-order valence-electron chi connectivity index (χ0n) is 10.1. The standard InChI is InChI=1S/C14H11BrFNOS/c1-8-3-2-4-10(14(17)19)13(8)18-9-5-6-12(16)11(15)7-9/h2-7H,1H3,(H2,17,19). The number of benzene rings is 2. The summed E-state index contributed by atoms with van der Waals surface area (Å²) in [6, 6.07) is 10.00. The first-order valence-corrected chi connectivity index (χ1v) is 6.71. The number of aryl methyl sites for hydroxylation is 1. The maximum absolute atomic E-state index is 13.2. The molecule has 0 heterocycles. The Morgan fingerprint density at radius 3 is 2.68 bits per heavy atom. The van der Waals surface area contributed by atoms with Crippen molar-refractivity contribution in [2.24, 2.45) is 5.73 Å². The third-order valence-corrected chi connectivity index (χ3v) is 3.42. The van der Waals surface area contributed by atoms with Crippen LogP contribution in [-0.2, 0) is 0 Å². The number of hydrogen-bond acceptors (Lipinski definition) is 2. The molecule has 0 aliphatic rings. The third-order valence-electron chi connectivity index (χ3n) is 2.59. The van der Waals surface area contributed by atoms with Gasteiger partial charge in [0.1, 0.15) is 22.3 Å². The molecule has 0 aliphatic heterocycles. The molecule has 0 aromatic heterocycles. The van der Waals surface area contributed by atoms with Crippen LogP contribution in [0, 0.1) is 12.7 Å². The van der Waals surface area contributed by atoms with E-state index in [1.165, 1.54) is 6.07 Å². The molecule has 5 heteroatoms. The number of para-hydroxylation sites is 1. The Hall–Kier alpha value is -1.46. The topological polar surface area (TPSA) is 35.2 Å². The van der Waals surface area contributed by atoms with Crippen LogP contribution >= 0.6 is 28.1 Å². The van der Waals surface area contributed by atoms with Gasteiger partial charge in [-0.05, 0) is 52.7 Å². The minimum atomic E-state index is -0.341. The van der Waals surface area contributed by atoms with Crippen molar-refractivity contribution < 1.29 is 9.13 Å². The first-order chi connectivity index (χ1) is 8.99. The Morgan fingerprint density at radius 1 is 1.32 bits per heavy atom. The molecule has 0 saturated heterocycles. The van der Waals surface area contributed by atoms with Crippen molar-refractivity contribution in [1.29, 1.82) is 0 Å². The first-order valence-electron chi connectivity index (χ1n) is 5.51. The van der Waals surface area contributed by atoms with Crippen LogP contribution in [0.2, 0.25) is 0 Å². The van der Waals surface area contributed by atoms with E-state index in [4.69, 9.17) is 22.7 Å². The molecule has 0 saturated carbocycles. The molecule has 98 valence electrons. The molecule has 0 atom stereocenters. The quantitative estimate of drug-likeness (QED) is 0.845. The molecular weight excluding hydrogens is 329 g/mol. The Kier molecular flexibility index (Phi) is 4.17. The molecule has 0 fully saturated rings. The summed E-state index contributed by atoms with van der Waals surface area (Å²) in [4.78, 5) is 0.264. The molecular formula is C14H11BrFNOS. The number of thiocarbonyl (C=S) groups is 1. The van der Waals surface area contributed by atoms with Gasteiger partial charge >= 0.3 is 0 Å². The highest BCUT2D eigenvalue weighted by Gasteiger charge is 2.11.